The molecule has 2 atom stereocenters. The predicted molar refractivity (Wildman–Crippen MR) is 77.4 cm³/mol. The highest BCUT2D eigenvalue weighted by Gasteiger charge is 2.61. The Kier molecular flexibility index (Phi) is 4.86. The van der Waals surface area contributed by atoms with Crippen LogP contribution in [0, 0.1) is 11.3 Å². The summed E-state index contributed by atoms with van der Waals surface area (Å²) in [5, 5.41) is 9.63. The number of esters is 1. The molecule has 0 heterocycles. The second-order valence-electron chi connectivity index (χ2n) is 7.01. The number of carbonyl (C=O) groups excluding carboxylic acids is 1. The summed E-state index contributed by atoms with van der Waals surface area (Å²) in [6, 6.07) is 0. The second-order valence-corrected chi connectivity index (χ2v) is 11.8. The van der Waals surface area contributed by atoms with Crippen LogP contribution in [0.1, 0.15) is 34.1 Å². The summed E-state index contributed by atoms with van der Waals surface area (Å²) in [6.07, 6.45) is 0.678. The number of carbonyl (C=O) groups is 1. The van der Waals surface area contributed by atoms with E-state index in [1.165, 1.54) is 0 Å². The molecule has 1 aliphatic carbocycles. The molecule has 4 nitrogen and oxygen atoms in total. The molecule has 112 valence electrons. The van der Waals surface area contributed by atoms with Gasteiger partial charge in [0, 0.05) is 12.5 Å². The first-order chi connectivity index (χ1) is 8.60. The van der Waals surface area contributed by atoms with Crippen LogP contribution in [0.3, 0.4) is 0 Å². The molecule has 0 saturated heterocycles. The fraction of sp³-hybridized carbons (Fsp3) is 0.929. The smallest absolute Gasteiger partial charge is 0.314 e. The molecule has 0 radical (unpaired) electrons. The molecule has 1 rings (SSSR count). The summed E-state index contributed by atoms with van der Waals surface area (Å²) in [6.45, 7) is 13.5. The Hall–Kier alpha value is -0.393. The Morgan fingerprint density at radius 1 is 1.42 bits per heavy atom. The summed E-state index contributed by atoms with van der Waals surface area (Å²) in [7, 11) is -1.79. The fourth-order valence-corrected chi connectivity index (χ4v) is 2.96. The third kappa shape index (κ3) is 3.38. The van der Waals surface area contributed by atoms with Crippen LogP contribution in [0.5, 0.6) is 0 Å². The number of ether oxygens (including phenoxy) is 1. The number of rotatable bonds is 6. The SMILES string of the molecule is CCOC(=O)[C@@]1(CO)C[C@@H]1CO[Si](C)(C)C(C)(C)C. The first kappa shape index (κ1) is 16.7. The van der Waals surface area contributed by atoms with Gasteiger partial charge in [-0.15, -0.1) is 0 Å². The third-order valence-electron chi connectivity index (χ3n) is 4.65. The lowest BCUT2D eigenvalue weighted by Gasteiger charge is -2.36. The molecule has 1 N–H and O–H groups in total. The molecule has 0 aromatic heterocycles. The minimum absolute atomic E-state index is 0.102. The van der Waals surface area contributed by atoms with Gasteiger partial charge >= 0.3 is 5.97 Å². The Balaban J connectivity index is 2.56. The summed E-state index contributed by atoms with van der Waals surface area (Å²) in [5.74, 6) is -0.174. The van der Waals surface area contributed by atoms with Gasteiger partial charge in [0.25, 0.3) is 0 Å². The maximum absolute atomic E-state index is 11.9. The van der Waals surface area contributed by atoms with E-state index in [2.05, 4.69) is 33.9 Å². The molecule has 0 spiro atoms. The minimum atomic E-state index is -1.79. The Morgan fingerprint density at radius 3 is 2.42 bits per heavy atom. The van der Waals surface area contributed by atoms with Gasteiger partial charge in [0.2, 0.25) is 0 Å². The van der Waals surface area contributed by atoms with E-state index in [9.17, 15) is 9.90 Å². The second kappa shape index (κ2) is 5.54. The fourth-order valence-electron chi connectivity index (χ4n) is 1.91. The first-order valence-corrected chi connectivity index (χ1v) is 9.93. The average Bonchev–Trinajstić information content (AvgIpc) is 3.00. The standard InChI is InChI=1S/C14H28O4Si/c1-7-17-12(16)14(10-15)8-11(14)9-18-19(5,6)13(2,3)4/h11,15H,7-10H2,1-6H3/t11-,14-/m1/s1. The van der Waals surface area contributed by atoms with Crippen LogP contribution in [0.25, 0.3) is 0 Å². The van der Waals surface area contributed by atoms with Gasteiger partial charge in [-0.05, 0) is 31.5 Å². The van der Waals surface area contributed by atoms with Crippen molar-refractivity contribution >= 4 is 14.3 Å². The number of aliphatic hydroxyl groups is 1. The maximum Gasteiger partial charge on any atom is 0.314 e. The molecule has 5 heteroatoms. The van der Waals surface area contributed by atoms with Gasteiger partial charge < -0.3 is 14.3 Å². The Bertz CT molecular complexity index is 335. The Labute approximate surface area is 117 Å². The van der Waals surface area contributed by atoms with Gasteiger partial charge in [0.15, 0.2) is 8.32 Å². The van der Waals surface area contributed by atoms with E-state index in [4.69, 9.17) is 9.16 Å². The number of hydrogen-bond acceptors (Lipinski definition) is 4. The molecule has 0 aliphatic heterocycles. The van der Waals surface area contributed by atoms with Gasteiger partial charge in [-0.1, -0.05) is 20.8 Å². The van der Waals surface area contributed by atoms with Gasteiger partial charge in [-0.3, -0.25) is 4.79 Å². The maximum atomic E-state index is 11.9. The van der Waals surface area contributed by atoms with Crippen molar-refractivity contribution in [1.82, 2.24) is 0 Å². The van der Waals surface area contributed by atoms with Crippen molar-refractivity contribution in [2.24, 2.45) is 11.3 Å². The molecule has 0 aromatic carbocycles. The van der Waals surface area contributed by atoms with Crippen LogP contribution in [0.4, 0.5) is 0 Å². The van der Waals surface area contributed by atoms with Crippen LogP contribution in [-0.4, -0.2) is 39.2 Å². The molecule has 0 bridgehead atoms. The lowest BCUT2D eigenvalue weighted by atomic mass is 10.1. The van der Waals surface area contributed by atoms with Crippen molar-refractivity contribution in [2.75, 3.05) is 19.8 Å². The van der Waals surface area contributed by atoms with E-state index in [-0.39, 0.29) is 23.5 Å². The van der Waals surface area contributed by atoms with Crippen LogP contribution < -0.4 is 0 Å². The molecule has 0 unspecified atom stereocenters. The largest absolute Gasteiger partial charge is 0.465 e. The average molecular weight is 288 g/mol. The lowest BCUT2D eigenvalue weighted by molar-refractivity contribution is -0.152. The van der Waals surface area contributed by atoms with Crippen LogP contribution in [0.15, 0.2) is 0 Å². The monoisotopic (exact) mass is 288 g/mol. The Morgan fingerprint density at radius 2 is 2.00 bits per heavy atom. The summed E-state index contributed by atoms with van der Waals surface area (Å²) in [5.41, 5.74) is -0.696. The zero-order valence-electron chi connectivity index (χ0n) is 13.1. The highest BCUT2D eigenvalue weighted by molar-refractivity contribution is 6.74. The van der Waals surface area contributed by atoms with Gasteiger partial charge in [0.05, 0.1) is 18.6 Å². The molecule has 19 heavy (non-hydrogen) atoms. The molecule has 0 amide bonds. The highest BCUT2D eigenvalue weighted by Crippen LogP contribution is 2.54. The highest BCUT2D eigenvalue weighted by atomic mass is 28.4. The topological polar surface area (TPSA) is 55.8 Å². The predicted octanol–water partition coefficient (Wildman–Crippen LogP) is 2.57. The lowest BCUT2D eigenvalue weighted by Crippen LogP contribution is -2.41. The van der Waals surface area contributed by atoms with Crippen molar-refractivity contribution in [3.05, 3.63) is 0 Å². The van der Waals surface area contributed by atoms with Crippen LogP contribution >= 0.6 is 0 Å². The third-order valence-corrected chi connectivity index (χ3v) is 9.15. The van der Waals surface area contributed by atoms with Crippen LogP contribution in [0.2, 0.25) is 18.1 Å². The normalized spacial score (nSPS) is 27.2. The van der Waals surface area contributed by atoms with Crippen molar-refractivity contribution in [3.8, 4) is 0 Å². The van der Waals surface area contributed by atoms with E-state index in [0.29, 0.717) is 19.6 Å². The van der Waals surface area contributed by atoms with Crippen LogP contribution in [-0.2, 0) is 14.0 Å². The molecule has 1 saturated carbocycles. The van der Waals surface area contributed by atoms with Crippen molar-refractivity contribution in [1.29, 1.82) is 0 Å². The molecular weight excluding hydrogens is 260 g/mol. The van der Waals surface area contributed by atoms with E-state index in [1.807, 2.05) is 0 Å². The molecule has 1 aliphatic rings. The summed E-state index contributed by atoms with van der Waals surface area (Å²) >= 11 is 0. The molecular formula is C14H28O4Si. The first-order valence-electron chi connectivity index (χ1n) is 7.03. The van der Waals surface area contributed by atoms with Gasteiger partial charge in [-0.2, -0.15) is 0 Å². The van der Waals surface area contributed by atoms with Crippen molar-refractivity contribution in [2.45, 2.75) is 52.2 Å². The van der Waals surface area contributed by atoms with E-state index < -0.39 is 13.7 Å². The number of hydrogen-bond donors (Lipinski definition) is 1. The van der Waals surface area contributed by atoms with E-state index >= 15 is 0 Å². The quantitative estimate of drug-likeness (QED) is 0.603. The molecule has 0 aromatic rings. The van der Waals surface area contributed by atoms with Gasteiger partial charge in [0.1, 0.15) is 0 Å². The van der Waals surface area contributed by atoms with E-state index in [0.717, 1.165) is 0 Å². The zero-order chi connectivity index (χ0) is 14.9. The minimum Gasteiger partial charge on any atom is -0.465 e. The van der Waals surface area contributed by atoms with E-state index in [1.54, 1.807) is 6.92 Å². The van der Waals surface area contributed by atoms with Gasteiger partial charge in [-0.25, -0.2) is 0 Å². The summed E-state index contributed by atoms with van der Waals surface area (Å²) < 4.78 is 11.2. The summed E-state index contributed by atoms with van der Waals surface area (Å²) in [4.78, 5) is 11.9. The number of aliphatic hydroxyl groups excluding tert-OH is 1. The zero-order valence-corrected chi connectivity index (χ0v) is 14.1. The molecule has 1 fully saturated rings. The van der Waals surface area contributed by atoms with Crippen molar-refractivity contribution in [3.63, 3.8) is 0 Å². The van der Waals surface area contributed by atoms with Crippen molar-refractivity contribution < 1.29 is 19.1 Å².